The van der Waals surface area contributed by atoms with Gasteiger partial charge >= 0.3 is 0 Å². The van der Waals surface area contributed by atoms with Gasteiger partial charge in [-0.25, -0.2) is 0 Å². The Bertz CT molecular complexity index is 670. The van der Waals surface area contributed by atoms with Crippen LogP contribution in [0.3, 0.4) is 0 Å². The average Bonchev–Trinajstić information content (AvgIpc) is 2.94. The smallest absolute Gasteiger partial charge is 0.0544 e. The highest BCUT2D eigenvalue weighted by atomic mass is 15.3. The molecule has 4 heteroatoms. The van der Waals surface area contributed by atoms with E-state index in [4.69, 9.17) is 0 Å². The number of rotatable bonds is 5. The fourth-order valence-electron chi connectivity index (χ4n) is 4.31. The number of pyridine rings is 2. The van der Waals surface area contributed by atoms with Gasteiger partial charge in [0.1, 0.15) is 0 Å². The second-order valence-electron chi connectivity index (χ2n) is 7.59. The predicted molar refractivity (Wildman–Crippen MR) is 100 cm³/mol. The second-order valence-corrected chi connectivity index (χ2v) is 7.59. The molecule has 0 amide bonds. The van der Waals surface area contributed by atoms with Crippen molar-refractivity contribution in [2.45, 2.75) is 45.3 Å². The summed E-state index contributed by atoms with van der Waals surface area (Å²) >= 11 is 0. The molecule has 0 saturated carbocycles. The van der Waals surface area contributed by atoms with E-state index < -0.39 is 0 Å². The van der Waals surface area contributed by atoms with Crippen molar-refractivity contribution in [1.82, 2.24) is 19.8 Å². The first-order valence-corrected chi connectivity index (χ1v) is 9.59. The molecular formula is C21H28N4. The zero-order valence-electron chi connectivity index (χ0n) is 15.1. The Kier molecular flexibility index (Phi) is 5.09. The molecule has 3 aliphatic heterocycles. The summed E-state index contributed by atoms with van der Waals surface area (Å²) in [6, 6.07) is 9.33. The highest BCUT2D eigenvalue weighted by molar-refractivity contribution is 5.14. The zero-order chi connectivity index (χ0) is 17.1. The van der Waals surface area contributed by atoms with Crippen LogP contribution in [0.1, 0.15) is 36.6 Å². The topological polar surface area (TPSA) is 32.3 Å². The van der Waals surface area contributed by atoms with Crippen molar-refractivity contribution >= 4 is 0 Å². The van der Waals surface area contributed by atoms with Gasteiger partial charge in [-0.05, 0) is 48.4 Å². The molecule has 132 valence electrons. The highest BCUT2D eigenvalue weighted by Gasteiger charge is 2.34. The predicted octanol–water partition coefficient (Wildman–Crippen LogP) is 3.14. The minimum Gasteiger partial charge on any atom is -0.297 e. The van der Waals surface area contributed by atoms with Crippen LogP contribution >= 0.6 is 0 Å². The molecule has 25 heavy (non-hydrogen) atoms. The standard InChI is InChI=1S/C21H28N4/c1-2-17-5-7-20(23-11-17)15-25-14-19-6-8-21(25)16-24(13-19)12-18-4-3-9-22-10-18/h3-5,7,9-11,19,21H,2,6,8,12-16H2,1H3/t19-,21+/m1/s1. The molecule has 2 bridgehead atoms. The second kappa shape index (κ2) is 7.63. The summed E-state index contributed by atoms with van der Waals surface area (Å²) in [4.78, 5) is 14.3. The van der Waals surface area contributed by atoms with Crippen LogP contribution < -0.4 is 0 Å². The first-order chi connectivity index (χ1) is 12.3. The Labute approximate surface area is 150 Å². The molecule has 0 spiro atoms. The normalized spacial score (nSPS) is 24.4. The summed E-state index contributed by atoms with van der Waals surface area (Å²) in [6.07, 6.45) is 9.65. The SMILES string of the molecule is CCc1ccc(CN2C[C@@H]3CC[C@H]2CN(Cc2cccnc2)C3)nc1. The van der Waals surface area contributed by atoms with Gasteiger partial charge in [-0.3, -0.25) is 19.8 Å². The van der Waals surface area contributed by atoms with Crippen molar-refractivity contribution in [3.05, 3.63) is 59.7 Å². The van der Waals surface area contributed by atoms with E-state index in [2.05, 4.69) is 44.9 Å². The van der Waals surface area contributed by atoms with Crippen molar-refractivity contribution in [3.63, 3.8) is 0 Å². The number of nitrogens with zero attached hydrogens (tertiary/aromatic N) is 4. The van der Waals surface area contributed by atoms with E-state index in [9.17, 15) is 0 Å². The minimum atomic E-state index is 0.656. The molecule has 0 aromatic carbocycles. The van der Waals surface area contributed by atoms with Gasteiger partial charge in [-0.2, -0.15) is 0 Å². The summed E-state index contributed by atoms with van der Waals surface area (Å²) < 4.78 is 0. The third-order valence-corrected chi connectivity index (χ3v) is 5.69. The summed E-state index contributed by atoms with van der Waals surface area (Å²) in [5.74, 6) is 0.783. The van der Waals surface area contributed by atoms with Gasteiger partial charge in [0.05, 0.1) is 5.69 Å². The summed E-state index contributed by atoms with van der Waals surface area (Å²) in [5, 5.41) is 0. The fourth-order valence-corrected chi connectivity index (χ4v) is 4.31. The van der Waals surface area contributed by atoms with Crippen molar-refractivity contribution < 1.29 is 0 Å². The summed E-state index contributed by atoms with van der Waals surface area (Å²) in [6.45, 7) is 7.79. The van der Waals surface area contributed by atoms with Crippen molar-refractivity contribution in [1.29, 1.82) is 0 Å². The molecule has 2 atom stereocenters. The summed E-state index contributed by atoms with van der Waals surface area (Å²) in [7, 11) is 0. The van der Waals surface area contributed by atoms with E-state index in [0.29, 0.717) is 6.04 Å². The van der Waals surface area contributed by atoms with Crippen molar-refractivity contribution in [2.24, 2.45) is 5.92 Å². The molecule has 5 rings (SSSR count). The molecule has 0 aliphatic carbocycles. The van der Waals surface area contributed by atoms with Crippen LogP contribution in [0.4, 0.5) is 0 Å². The van der Waals surface area contributed by atoms with Crippen LogP contribution in [0.2, 0.25) is 0 Å². The number of aromatic nitrogens is 2. The monoisotopic (exact) mass is 336 g/mol. The molecule has 0 unspecified atom stereocenters. The van der Waals surface area contributed by atoms with E-state index in [1.807, 2.05) is 24.7 Å². The lowest BCUT2D eigenvalue weighted by Crippen LogP contribution is -2.43. The van der Waals surface area contributed by atoms with Crippen molar-refractivity contribution in [3.8, 4) is 0 Å². The lowest BCUT2D eigenvalue weighted by atomic mass is 9.95. The maximum Gasteiger partial charge on any atom is 0.0544 e. The van der Waals surface area contributed by atoms with E-state index >= 15 is 0 Å². The third-order valence-electron chi connectivity index (χ3n) is 5.69. The first-order valence-electron chi connectivity index (χ1n) is 9.59. The van der Waals surface area contributed by atoms with E-state index in [0.717, 1.165) is 25.4 Å². The van der Waals surface area contributed by atoms with Crippen LogP contribution in [-0.4, -0.2) is 45.4 Å². The number of aryl methyl sites for hydroxylation is 1. The molecule has 0 radical (unpaired) electrons. The molecule has 3 aliphatic rings. The van der Waals surface area contributed by atoms with Crippen molar-refractivity contribution in [2.75, 3.05) is 19.6 Å². The van der Waals surface area contributed by atoms with Gasteiger partial charge in [-0.1, -0.05) is 19.1 Å². The molecular weight excluding hydrogens is 308 g/mol. The van der Waals surface area contributed by atoms with Crippen LogP contribution in [0.5, 0.6) is 0 Å². The van der Waals surface area contributed by atoms with E-state index in [1.165, 1.54) is 49.3 Å². The van der Waals surface area contributed by atoms with E-state index in [1.54, 1.807) is 0 Å². The molecule has 2 aromatic rings. The maximum atomic E-state index is 4.68. The Balaban J connectivity index is 1.42. The molecule has 0 N–H and O–H groups in total. The van der Waals surface area contributed by atoms with Crippen LogP contribution in [0, 0.1) is 5.92 Å². The van der Waals surface area contributed by atoms with Crippen LogP contribution in [0.15, 0.2) is 42.9 Å². The molecule has 5 heterocycles. The Morgan fingerprint density at radius 2 is 1.96 bits per heavy atom. The van der Waals surface area contributed by atoms with Crippen LogP contribution in [-0.2, 0) is 19.5 Å². The number of hydrogen-bond acceptors (Lipinski definition) is 4. The molecule has 2 aromatic heterocycles. The van der Waals surface area contributed by atoms with Gasteiger partial charge < -0.3 is 0 Å². The summed E-state index contributed by atoms with van der Waals surface area (Å²) in [5.41, 5.74) is 3.86. The number of fused-ring (bicyclic) bond motifs is 4. The minimum absolute atomic E-state index is 0.656. The quantitative estimate of drug-likeness (QED) is 0.840. The van der Waals surface area contributed by atoms with Gasteiger partial charge in [0.2, 0.25) is 0 Å². The van der Waals surface area contributed by atoms with Gasteiger partial charge in [-0.15, -0.1) is 0 Å². The molecule has 3 fully saturated rings. The molecule has 3 saturated heterocycles. The number of hydrogen-bond donors (Lipinski definition) is 0. The Morgan fingerprint density at radius 1 is 1.00 bits per heavy atom. The van der Waals surface area contributed by atoms with Gasteiger partial charge in [0.15, 0.2) is 0 Å². The average molecular weight is 336 g/mol. The Hall–Kier alpha value is -1.78. The highest BCUT2D eigenvalue weighted by Crippen LogP contribution is 2.29. The fraction of sp³-hybridized carbons (Fsp3) is 0.524. The Morgan fingerprint density at radius 3 is 2.72 bits per heavy atom. The first kappa shape index (κ1) is 16.7. The number of piperidine rings is 1. The zero-order valence-corrected chi connectivity index (χ0v) is 15.1. The van der Waals surface area contributed by atoms with E-state index in [-0.39, 0.29) is 0 Å². The lowest BCUT2D eigenvalue weighted by Gasteiger charge is -2.36. The van der Waals surface area contributed by atoms with Crippen LogP contribution in [0.25, 0.3) is 0 Å². The maximum absolute atomic E-state index is 4.68. The third kappa shape index (κ3) is 4.07. The lowest BCUT2D eigenvalue weighted by molar-refractivity contribution is 0.121. The molecule has 4 nitrogen and oxygen atoms in total. The van der Waals surface area contributed by atoms with Gasteiger partial charge in [0, 0.05) is 57.4 Å². The largest absolute Gasteiger partial charge is 0.297 e. The van der Waals surface area contributed by atoms with Gasteiger partial charge in [0.25, 0.3) is 0 Å².